The molecule has 7 nitrogen and oxygen atoms in total. The standard InChI is InChI=1S/C16H19FN2O5S/c1-24-14-4-2-11(8-13(14)17)3-5-15(20)18-19-16(21)9-12-6-7-25(22,23)10-12/h2-5,8,12H,6-7,9-10H2,1H3,(H,18,20)(H,19,21)/b5-3+/t12-/m1/s1. The van der Waals surface area contributed by atoms with Crippen LogP contribution in [0.5, 0.6) is 5.75 Å². The molecule has 0 aliphatic carbocycles. The van der Waals surface area contributed by atoms with Gasteiger partial charge in [-0.2, -0.15) is 0 Å². The van der Waals surface area contributed by atoms with Gasteiger partial charge in [0, 0.05) is 12.5 Å². The first-order valence-corrected chi connectivity index (χ1v) is 9.42. The van der Waals surface area contributed by atoms with Crippen LogP contribution in [0.4, 0.5) is 4.39 Å². The number of carbonyl (C=O) groups excluding carboxylic acids is 2. The number of benzene rings is 1. The third-order valence-electron chi connectivity index (χ3n) is 3.73. The van der Waals surface area contributed by atoms with Gasteiger partial charge in [-0.3, -0.25) is 20.4 Å². The van der Waals surface area contributed by atoms with E-state index >= 15 is 0 Å². The third kappa shape index (κ3) is 5.86. The van der Waals surface area contributed by atoms with Crippen LogP contribution in [0.15, 0.2) is 24.3 Å². The summed E-state index contributed by atoms with van der Waals surface area (Å²) < 4.78 is 41.0. The molecule has 1 heterocycles. The van der Waals surface area contributed by atoms with Gasteiger partial charge >= 0.3 is 0 Å². The molecule has 1 saturated heterocycles. The van der Waals surface area contributed by atoms with Gasteiger partial charge < -0.3 is 4.74 Å². The van der Waals surface area contributed by atoms with Crippen molar-refractivity contribution in [3.8, 4) is 5.75 Å². The lowest BCUT2D eigenvalue weighted by Crippen LogP contribution is -2.41. The first-order chi connectivity index (χ1) is 11.8. The second kappa shape index (κ2) is 8.11. The van der Waals surface area contributed by atoms with Crippen LogP contribution in [0, 0.1) is 11.7 Å². The minimum atomic E-state index is -3.04. The minimum absolute atomic E-state index is 0.00268. The fourth-order valence-corrected chi connectivity index (χ4v) is 4.34. The number of halogens is 1. The van der Waals surface area contributed by atoms with Gasteiger partial charge in [-0.15, -0.1) is 0 Å². The Morgan fingerprint density at radius 1 is 1.36 bits per heavy atom. The van der Waals surface area contributed by atoms with Gasteiger partial charge in [0.25, 0.3) is 5.91 Å². The van der Waals surface area contributed by atoms with Gasteiger partial charge in [0.05, 0.1) is 18.6 Å². The highest BCUT2D eigenvalue weighted by Crippen LogP contribution is 2.21. The predicted octanol–water partition coefficient (Wildman–Crippen LogP) is 0.820. The first kappa shape index (κ1) is 18.9. The maximum atomic E-state index is 13.5. The summed E-state index contributed by atoms with van der Waals surface area (Å²) in [7, 11) is -1.69. The number of sulfone groups is 1. The third-order valence-corrected chi connectivity index (χ3v) is 5.57. The number of hydrazine groups is 1. The molecule has 1 aliphatic heterocycles. The zero-order chi connectivity index (χ0) is 18.4. The van der Waals surface area contributed by atoms with E-state index in [-0.39, 0.29) is 29.6 Å². The van der Waals surface area contributed by atoms with Crippen LogP contribution >= 0.6 is 0 Å². The summed E-state index contributed by atoms with van der Waals surface area (Å²) in [5.74, 6) is -1.63. The molecular formula is C16H19FN2O5S. The zero-order valence-corrected chi connectivity index (χ0v) is 14.4. The highest BCUT2D eigenvalue weighted by molar-refractivity contribution is 7.91. The van der Waals surface area contributed by atoms with Gasteiger partial charge in [0.2, 0.25) is 5.91 Å². The molecule has 0 saturated carbocycles. The van der Waals surface area contributed by atoms with Crippen LogP contribution in [0.25, 0.3) is 6.08 Å². The second-order valence-electron chi connectivity index (χ2n) is 5.74. The number of rotatable bonds is 5. The lowest BCUT2D eigenvalue weighted by molar-refractivity contribution is -0.127. The fourth-order valence-electron chi connectivity index (χ4n) is 2.48. The van der Waals surface area contributed by atoms with Crippen molar-refractivity contribution in [1.82, 2.24) is 10.9 Å². The maximum absolute atomic E-state index is 13.5. The summed E-state index contributed by atoms with van der Waals surface area (Å²) in [4.78, 5) is 23.3. The van der Waals surface area contributed by atoms with Gasteiger partial charge in [0.1, 0.15) is 0 Å². The molecule has 0 radical (unpaired) electrons. The van der Waals surface area contributed by atoms with E-state index in [2.05, 4.69) is 10.9 Å². The van der Waals surface area contributed by atoms with E-state index in [1.807, 2.05) is 0 Å². The Morgan fingerprint density at radius 2 is 2.12 bits per heavy atom. The molecule has 25 heavy (non-hydrogen) atoms. The number of amides is 2. The maximum Gasteiger partial charge on any atom is 0.262 e. The van der Waals surface area contributed by atoms with Crippen LogP contribution in [-0.4, -0.2) is 38.8 Å². The number of hydrogen-bond donors (Lipinski definition) is 2. The van der Waals surface area contributed by atoms with Crippen molar-refractivity contribution in [3.63, 3.8) is 0 Å². The van der Waals surface area contributed by atoms with Crippen molar-refractivity contribution < 1.29 is 27.1 Å². The fraction of sp³-hybridized carbons (Fsp3) is 0.375. The van der Waals surface area contributed by atoms with Crippen molar-refractivity contribution in [3.05, 3.63) is 35.7 Å². The van der Waals surface area contributed by atoms with Crippen molar-refractivity contribution in [2.24, 2.45) is 5.92 Å². The summed E-state index contributed by atoms with van der Waals surface area (Å²) in [6.45, 7) is 0. The molecule has 9 heteroatoms. The monoisotopic (exact) mass is 370 g/mol. The summed E-state index contributed by atoms with van der Waals surface area (Å²) in [6, 6.07) is 4.22. The van der Waals surface area contributed by atoms with Crippen molar-refractivity contribution in [2.45, 2.75) is 12.8 Å². The zero-order valence-electron chi connectivity index (χ0n) is 13.6. The lowest BCUT2D eigenvalue weighted by Gasteiger charge is -2.08. The number of ether oxygens (including phenoxy) is 1. The van der Waals surface area contributed by atoms with Crippen LogP contribution in [0.1, 0.15) is 18.4 Å². The number of nitrogens with one attached hydrogen (secondary N) is 2. The Morgan fingerprint density at radius 3 is 2.72 bits per heavy atom. The topological polar surface area (TPSA) is 102 Å². The molecule has 0 unspecified atom stereocenters. The molecule has 1 aromatic carbocycles. The minimum Gasteiger partial charge on any atom is -0.494 e. The number of hydrogen-bond acceptors (Lipinski definition) is 5. The van der Waals surface area contributed by atoms with E-state index in [4.69, 9.17) is 4.74 Å². The summed E-state index contributed by atoms with van der Waals surface area (Å²) >= 11 is 0. The molecular weight excluding hydrogens is 351 g/mol. The lowest BCUT2D eigenvalue weighted by atomic mass is 10.1. The van der Waals surface area contributed by atoms with Gasteiger partial charge in [-0.25, -0.2) is 12.8 Å². The Balaban J connectivity index is 1.78. The summed E-state index contributed by atoms with van der Waals surface area (Å²) in [5, 5.41) is 0. The molecule has 0 bridgehead atoms. The highest BCUT2D eigenvalue weighted by Gasteiger charge is 2.29. The SMILES string of the molecule is COc1ccc(/C=C/C(=O)NNC(=O)C[C@H]2CCS(=O)(=O)C2)cc1F. The number of methoxy groups -OCH3 is 1. The average Bonchev–Trinajstić information content (AvgIpc) is 2.89. The Kier molecular flexibility index (Phi) is 6.13. The van der Waals surface area contributed by atoms with Crippen LogP contribution < -0.4 is 15.6 Å². The van der Waals surface area contributed by atoms with E-state index in [0.29, 0.717) is 12.0 Å². The molecule has 1 aliphatic rings. The average molecular weight is 370 g/mol. The van der Waals surface area contributed by atoms with E-state index in [0.717, 1.165) is 6.08 Å². The van der Waals surface area contributed by atoms with Gasteiger partial charge in [-0.1, -0.05) is 6.07 Å². The molecule has 0 spiro atoms. The Bertz CT molecular complexity index is 792. The summed E-state index contributed by atoms with van der Waals surface area (Å²) in [6.07, 6.45) is 3.01. The largest absolute Gasteiger partial charge is 0.494 e. The Hall–Kier alpha value is -2.42. The van der Waals surface area contributed by atoms with Crippen molar-refractivity contribution in [1.29, 1.82) is 0 Å². The quantitative estimate of drug-likeness (QED) is 0.590. The van der Waals surface area contributed by atoms with E-state index in [9.17, 15) is 22.4 Å². The highest BCUT2D eigenvalue weighted by atomic mass is 32.2. The van der Waals surface area contributed by atoms with Crippen LogP contribution in [0.2, 0.25) is 0 Å². The molecule has 2 amide bonds. The molecule has 136 valence electrons. The van der Waals surface area contributed by atoms with Gasteiger partial charge in [0.15, 0.2) is 21.4 Å². The van der Waals surface area contributed by atoms with Crippen molar-refractivity contribution in [2.75, 3.05) is 18.6 Å². The molecule has 1 aromatic rings. The molecule has 1 atom stereocenters. The van der Waals surface area contributed by atoms with E-state index in [1.54, 1.807) is 6.07 Å². The normalized spacial score (nSPS) is 18.9. The predicted molar refractivity (Wildman–Crippen MR) is 89.6 cm³/mol. The number of carbonyl (C=O) groups is 2. The molecule has 0 aromatic heterocycles. The molecule has 2 N–H and O–H groups in total. The van der Waals surface area contributed by atoms with E-state index < -0.39 is 27.5 Å². The van der Waals surface area contributed by atoms with Crippen LogP contribution in [-0.2, 0) is 19.4 Å². The van der Waals surface area contributed by atoms with Crippen molar-refractivity contribution >= 4 is 27.7 Å². The molecule has 1 fully saturated rings. The second-order valence-corrected chi connectivity index (χ2v) is 7.97. The van der Waals surface area contributed by atoms with Crippen LogP contribution in [0.3, 0.4) is 0 Å². The van der Waals surface area contributed by atoms with Gasteiger partial charge in [-0.05, 0) is 36.1 Å². The first-order valence-electron chi connectivity index (χ1n) is 7.60. The Labute approximate surface area is 145 Å². The smallest absolute Gasteiger partial charge is 0.262 e. The molecule has 2 rings (SSSR count). The summed E-state index contributed by atoms with van der Waals surface area (Å²) in [5.41, 5.74) is 4.87. The van der Waals surface area contributed by atoms with E-state index in [1.165, 1.54) is 25.3 Å².